The van der Waals surface area contributed by atoms with Crippen LogP contribution in [0.1, 0.15) is 51.0 Å². The van der Waals surface area contributed by atoms with Crippen molar-refractivity contribution in [2.75, 3.05) is 37.7 Å². The quantitative estimate of drug-likeness (QED) is 0.294. The molecule has 4 fully saturated rings. The summed E-state index contributed by atoms with van der Waals surface area (Å²) in [6, 6.07) is 6.50. The second-order valence-electron chi connectivity index (χ2n) is 13.9. The molecule has 12 heteroatoms. The van der Waals surface area contributed by atoms with Crippen LogP contribution >= 0.6 is 0 Å². The molecular weight excluding hydrogens is 609 g/mol. The highest BCUT2D eigenvalue weighted by Crippen LogP contribution is 2.45. The highest BCUT2D eigenvalue weighted by atomic mass is 19.1. The summed E-state index contributed by atoms with van der Waals surface area (Å²) >= 11 is 0. The van der Waals surface area contributed by atoms with Gasteiger partial charge in [-0.1, -0.05) is 13.0 Å². The van der Waals surface area contributed by atoms with E-state index in [-0.39, 0.29) is 59.1 Å². The molecule has 7 heterocycles. The van der Waals surface area contributed by atoms with E-state index in [1.165, 1.54) is 18.2 Å². The molecule has 5 aliphatic rings. The number of pyridine rings is 1. The Morgan fingerprint density at radius 1 is 1.11 bits per heavy atom. The number of aryl methyl sites for hydroxylation is 1. The number of phenols is 1. The predicted octanol–water partition coefficient (Wildman–Crippen LogP) is 5.44. The molecule has 4 aromatic rings. The fraction of sp³-hybridized carbons (Fsp3) is 0.514. The Bertz CT molecular complexity index is 1930. The molecule has 2 bridgehead atoms. The van der Waals surface area contributed by atoms with Gasteiger partial charge in [-0.15, -0.1) is 0 Å². The van der Waals surface area contributed by atoms with Crippen LogP contribution in [-0.2, 0) is 6.42 Å². The summed E-state index contributed by atoms with van der Waals surface area (Å²) in [5.74, 6) is -0.552. The van der Waals surface area contributed by atoms with Gasteiger partial charge in [0.1, 0.15) is 46.8 Å². The molecule has 9 rings (SSSR count). The molecule has 5 aliphatic heterocycles. The van der Waals surface area contributed by atoms with E-state index in [0.717, 1.165) is 32.2 Å². The van der Waals surface area contributed by atoms with Gasteiger partial charge in [-0.2, -0.15) is 9.97 Å². The molecule has 0 unspecified atom stereocenters. The third-order valence-corrected chi connectivity index (χ3v) is 11.2. The van der Waals surface area contributed by atoms with Gasteiger partial charge in [-0.05, 0) is 73.2 Å². The van der Waals surface area contributed by atoms with Crippen LogP contribution < -0.4 is 19.7 Å². The number of piperazine rings is 1. The maximum absolute atomic E-state index is 17.2. The Morgan fingerprint density at radius 2 is 2.00 bits per heavy atom. The maximum atomic E-state index is 17.2. The number of phenolic OH excluding ortho intramolecular Hbond substituents is 1. The fourth-order valence-corrected chi connectivity index (χ4v) is 9.10. The smallest absolute Gasteiger partial charge is 0.319 e. The molecular formula is C35H37F3N6O3. The number of ether oxygens (including phenoxy) is 2. The van der Waals surface area contributed by atoms with E-state index in [1.807, 2.05) is 6.92 Å². The standard InChI is InChI=1S/C35H37F3N6O3/c1-2-22-24(37)6-4-18-12-21(45)13-23(27(18)22)30-29(38)31-28-32(42-34(41-31)47-17-35-9-3-10-43(35)15-19(36)14-35)44-16-20-5-7-25(39-20)26(44)8-11-46-33(28)40-30/h4,6,12-13,19-20,25-26,39,45H,2-3,5,7-11,14-17H2,1H3/t19-,20-,25+,26-,35+/m1/s1. The van der Waals surface area contributed by atoms with E-state index in [4.69, 9.17) is 19.4 Å². The average molecular weight is 647 g/mol. The van der Waals surface area contributed by atoms with E-state index in [2.05, 4.69) is 20.1 Å². The Kier molecular flexibility index (Phi) is 6.73. The first-order valence-corrected chi connectivity index (χ1v) is 16.8. The largest absolute Gasteiger partial charge is 0.508 e. The average Bonchev–Trinajstić information content (AvgIpc) is 3.72. The number of fused-ring (bicyclic) bond motifs is 7. The maximum Gasteiger partial charge on any atom is 0.319 e. The molecule has 0 radical (unpaired) electrons. The molecule has 9 nitrogen and oxygen atoms in total. The first kappa shape index (κ1) is 29.3. The zero-order chi connectivity index (χ0) is 32.0. The van der Waals surface area contributed by atoms with Gasteiger partial charge in [0, 0.05) is 49.6 Å². The third kappa shape index (κ3) is 4.54. The van der Waals surface area contributed by atoms with Gasteiger partial charge in [-0.3, -0.25) is 4.90 Å². The summed E-state index contributed by atoms with van der Waals surface area (Å²) in [4.78, 5) is 18.7. The number of aromatic hydroxyl groups is 1. The third-order valence-electron chi connectivity index (χ3n) is 11.2. The Morgan fingerprint density at radius 3 is 2.87 bits per heavy atom. The molecule has 5 atom stereocenters. The molecule has 0 saturated carbocycles. The summed E-state index contributed by atoms with van der Waals surface area (Å²) in [6.45, 7) is 4.29. The van der Waals surface area contributed by atoms with E-state index in [1.54, 1.807) is 6.07 Å². The number of nitrogens with one attached hydrogen (secondary N) is 1. The van der Waals surface area contributed by atoms with Crippen molar-refractivity contribution in [2.24, 2.45) is 0 Å². The van der Waals surface area contributed by atoms with Crippen molar-refractivity contribution in [1.29, 1.82) is 0 Å². The predicted molar refractivity (Wildman–Crippen MR) is 171 cm³/mol. The Balaban J connectivity index is 1.25. The molecule has 246 valence electrons. The summed E-state index contributed by atoms with van der Waals surface area (Å²) < 4.78 is 59.5. The zero-order valence-corrected chi connectivity index (χ0v) is 26.2. The lowest BCUT2D eigenvalue weighted by Crippen LogP contribution is -2.59. The highest BCUT2D eigenvalue weighted by molar-refractivity contribution is 6.03. The number of rotatable bonds is 5. The highest BCUT2D eigenvalue weighted by Gasteiger charge is 2.50. The van der Waals surface area contributed by atoms with Crippen molar-refractivity contribution in [3.05, 3.63) is 41.5 Å². The summed E-state index contributed by atoms with van der Waals surface area (Å²) in [5.41, 5.74) is 0.101. The summed E-state index contributed by atoms with van der Waals surface area (Å²) in [5, 5.41) is 15.8. The van der Waals surface area contributed by atoms with E-state index in [0.29, 0.717) is 66.5 Å². The van der Waals surface area contributed by atoms with Crippen LogP contribution in [-0.4, -0.2) is 87.6 Å². The van der Waals surface area contributed by atoms with Crippen LogP contribution in [0, 0.1) is 11.6 Å². The molecule has 4 saturated heterocycles. The van der Waals surface area contributed by atoms with E-state index in [9.17, 15) is 9.50 Å². The van der Waals surface area contributed by atoms with Gasteiger partial charge in [-0.25, -0.2) is 18.2 Å². The SMILES string of the molecule is CCc1c(F)ccc2cc(O)cc(-c3nc4c5c(nc(OC[C@@]67CCCN6C[C@H](F)C7)nc5c3F)N3C[C@H]5CC[C@H](N5)[C@H]3CCO4)c12. The number of aromatic nitrogens is 3. The van der Waals surface area contributed by atoms with Crippen molar-refractivity contribution < 1.29 is 27.8 Å². The lowest BCUT2D eigenvalue weighted by atomic mass is 9.94. The zero-order valence-electron chi connectivity index (χ0n) is 26.2. The van der Waals surface area contributed by atoms with E-state index < -0.39 is 23.3 Å². The summed E-state index contributed by atoms with van der Waals surface area (Å²) in [7, 11) is 0. The minimum absolute atomic E-state index is 0.0157. The van der Waals surface area contributed by atoms with Crippen molar-refractivity contribution in [3.8, 4) is 28.9 Å². The first-order chi connectivity index (χ1) is 22.8. The number of alkyl halides is 1. The number of nitrogens with zero attached hydrogens (tertiary/aromatic N) is 5. The van der Waals surface area contributed by atoms with Gasteiger partial charge in [0.05, 0.1) is 12.1 Å². The van der Waals surface area contributed by atoms with Crippen molar-refractivity contribution in [3.63, 3.8) is 0 Å². The van der Waals surface area contributed by atoms with Crippen molar-refractivity contribution in [2.45, 2.75) is 81.7 Å². The second kappa shape index (κ2) is 10.8. The van der Waals surface area contributed by atoms with Crippen LogP contribution in [0.3, 0.4) is 0 Å². The molecule has 0 amide bonds. The van der Waals surface area contributed by atoms with Gasteiger partial charge in [0.2, 0.25) is 5.88 Å². The van der Waals surface area contributed by atoms with Crippen molar-refractivity contribution in [1.82, 2.24) is 25.2 Å². The topological polar surface area (TPSA) is 95.9 Å². The minimum Gasteiger partial charge on any atom is -0.508 e. The number of hydrogen-bond donors (Lipinski definition) is 2. The molecule has 0 spiro atoms. The van der Waals surface area contributed by atoms with Gasteiger partial charge in [0.15, 0.2) is 5.82 Å². The fourth-order valence-electron chi connectivity index (χ4n) is 9.10. The van der Waals surface area contributed by atoms with Gasteiger partial charge < -0.3 is 24.8 Å². The van der Waals surface area contributed by atoms with Gasteiger partial charge in [0.25, 0.3) is 0 Å². The Hall–Kier alpha value is -3.90. The first-order valence-electron chi connectivity index (χ1n) is 16.8. The number of hydrogen-bond acceptors (Lipinski definition) is 9. The molecule has 0 aliphatic carbocycles. The second-order valence-corrected chi connectivity index (χ2v) is 13.9. The molecule has 2 aromatic carbocycles. The van der Waals surface area contributed by atoms with E-state index >= 15 is 8.78 Å². The Labute approximate surface area is 270 Å². The molecule has 2 aromatic heterocycles. The molecule has 2 N–H and O–H groups in total. The lowest BCUT2D eigenvalue weighted by molar-refractivity contribution is 0.107. The van der Waals surface area contributed by atoms with Crippen LogP contribution in [0.25, 0.3) is 32.9 Å². The lowest BCUT2D eigenvalue weighted by Gasteiger charge is -2.43. The number of benzene rings is 2. The number of anilines is 1. The normalized spacial score (nSPS) is 28.3. The van der Waals surface area contributed by atoms with Crippen LogP contribution in [0.5, 0.6) is 17.6 Å². The van der Waals surface area contributed by atoms with Crippen LogP contribution in [0.15, 0.2) is 24.3 Å². The molecule has 47 heavy (non-hydrogen) atoms. The number of halogens is 3. The van der Waals surface area contributed by atoms with Gasteiger partial charge >= 0.3 is 6.01 Å². The minimum atomic E-state index is -0.914. The monoisotopic (exact) mass is 646 g/mol. The van der Waals surface area contributed by atoms with Crippen LogP contribution in [0.4, 0.5) is 19.0 Å². The van der Waals surface area contributed by atoms with Crippen LogP contribution in [0.2, 0.25) is 0 Å². The summed E-state index contributed by atoms with van der Waals surface area (Å²) in [6.07, 6.45) is 4.39. The van der Waals surface area contributed by atoms with Crippen molar-refractivity contribution >= 4 is 27.5 Å².